The van der Waals surface area contributed by atoms with Crippen LogP contribution in [0.5, 0.6) is 0 Å². The molecule has 0 aliphatic rings. The second kappa shape index (κ2) is 4.68. The molecule has 0 radical (unpaired) electrons. The second-order valence-corrected chi connectivity index (χ2v) is 6.26. The molecular weight excluding hydrogens is 238 g/mol. The summed E-state index contributed by atoms with van der Waals surface area (Å²) in [6.07, 6.45) is 0.789. The third kappa shape index (κ3) is 3.13. The molecule has 0 aliphatic heterocycles. The number of rotatable bonds is 2. The zero-order chi connectivity index (χ0) is 14.2. The SMILES string of the molecule is Cc1cc(N)cc(-c2nc(CC(C)(C)C)no2)c1C. The molecule has 2 rings (SSSR count). The largest absolute Gasteiger partial charge is 0.399 e. The van der Waals surface area contributed by atoms with Crippen LogP contribution in [0.3, 0.4) is 0 Å². The van der Waals surface area contributed by atoms with Gasteiger partial charge in [-0.15, -0.1) is 0 Å². The summed E-state index contributed by atoms with van der Waals surface area (Å²) in [6.45, 7) is 10.5. The van der Waals surface area contributed by atoms with Crippen LogP contribution in [-0.4, -0.2) is 10.1 Å². The third-order valence-corrected chi connectivity index (χ3v) is 3.08. The predicted octanol–water partition coefficient (Wildman–Crippen LogP) is 3.52. The van der Waals surface area contributed by atoms with Crippen molar-refractivity contribution in [3.63, 3.8) is 0 Å². The van der Waals surface area contributed by atoms with Gasteiger partial charge in [0.25, 0.3) is 5.89 Å². The molecule has 19 heavy (non-hydrogen) atoms. The van der Waals surface area contributed by atoms with Gasteiger partial charge in [0.2, 0.25) is 0 Å². The number of anilines is 1. The number of hydrogen-bond acceptors (Lipinski definition) is 4. The van der Waals surface area contributed by atoms with Gasteiger partial charge in [-0.2, -0.15) is 4.98 Å². The maximum absolute atomic E-state index is 5.88. The van der Waals surface area contributed by atoms with Crippen LogP contribution in [0.15, 0.2) is 16.7 Å². The highest BCUT2D eigenvalue weighted by Gasteiger charge is 2.18. The zero-order valence-electron chi connectivity index (χ0n) is 12.2. The van der Waals surface area contributed by atoms with Crippen LogP contribution in [-0.2, 0) is 6.42 Å². The maximum atomic E-state index is 5.88. The summed E-state index contributed by atoms with van der Waals surface area (Å²) in [5.74, 6) is 1.29. The standard InChI is InChI=1S/C15H21N3O/c1-9-6-11(16)7-12(10(9)2)14-17-13(18-19-14)8-15(3,4)5/h6-7H,8,16H2,1-5H3. The smallest absolute Gasteiger partial charge is 0.258 e. The van der Waals surface area contributed by atoms with Crippen LogP contribution in [0.4, 0.5) is 5.69 Å². The Morgan fingerprint density at radius 2 is 1.89 bits per heavy atom. The van der Waals surface area contributed by atoms with Gasteiger partial charge in [-0.05, 0) is 42.5 Å². The molecule has 0 unspecified atom stereocenters. The summed E-state index contributed by atoms with van der Waals surface area (Å²) in [5.41, 5.74) is 9.92. The Labute approximate surface area is 114 Å². The average molecular weight is 259 g/mol. The molecule has 2 aromatic rings. The van der Waals surface area contributed by atoms with E-state index in [4.69, 9.17) is 10.3 Å². The van der Waals surface area contributed by atoms with Crippen LogP contribution in [0.2, 0.25) is 0 Å². The van der Waals surface area contributed by atoms with Crippen molar-refractivity contribution in [1.82, 2.24) is 10.1 Å². The molecule has 0 saturated carbocycles. The first-order chi connectivity index (χ1) is 8.76. The first-order valence-corrected chi connectivity index (χ1v) is 6.46. The Hall–Kier alpha value is -1.84. The van der Waals surface area contributed by atoms with Crippen LogP contribution in [0.1, 0.15) is 37.7 Å². The van der Waals surface area contributed by atoms with Crippen molar-refractivity contribution in [1.29, 1.82) is 0 Å². The summed E-state index contributed by atoms with van der Waals surface area (Å²) in [5, 5.41) is 4.05. The number of hydrogen-bond donors (Lipinski definition) is 1. The van der Waals surface area contributed by atoms with E-state index in [1.165, 1.54) is 0 Å². The monoisotopic (exact) mass is 259 g/mol. The Bertz CT molecular complexity index is 594. The molecule has 0 aliphatic carbocycles. The quantitative estimate of drug-likeness (QED) is 0.838. The lowest BCUT2D eigenvalue weighted by molar-refractivity contribution is 0.374. The van der Waals surface area contributed by atoms with Gasteiger partial charge in [0.1, 0.15) is 0 Å². The number of nitrogens with zero attached hydrogens (tertiary/aromatic N) is 2. The van der Waals surface area contributed by atoms with Gasteiger partial charge in [-0.3, -0.25) is 0 Å². The molecule has 102 valence electrons. The lowest BCUT2D eigenvalue weighted by Crippen LogP contribution is -2.10. The van der Waals surface area contributed by atoms with Crippen LogP contribution in [0.25, 0.3) is 11.5 Å². The average Bonchev–Trinajstić information content (AvgIpc) is 2.69. The fourth-order valence-electron chi connectivity index (χ4n) is 2.02. The molecule has 1 heterocycles. The molecule has 4 nitrogen and oxygen atoms in total. The molecule has 1 aromatic carbocycles. The zero-order valence-corrected chi connectivity index (χ0v) is 12.2. The maximum Gasteiger partial charge on any atom is 0.258 e. The van der Waals surface area contributed by atoms with Crippen LogP contribution >= 0.6 is 0 Å². The van der Waals surface area contributed by atoms with E-state index in [0.717, 1.165) is 28.9 Å². The highest BCUT2D eigenvalue weighted by atomic mass is 16.5. The van der Waals surface area contributed by atoms with Gasteiger partial charge in [0, 0.05) is 17.7 Å². The topological polar surface area (TPSA) is 64.9 Å². The molecule has 0 amide bonds. The molecule has 0 atom stereocenters. The molecule has 2 N–H and O–H groups in total. The summed E-state index contributed by atoms with van der Waals surface area (Å²) < 4.78 is 5.37. The van der Waals surface area contributed by atoms with E-state index in [0.29, 0.717) is 11.6 Å². The number of aromatic nitrogens is 2. The Morgan fingerprint density at radius 3 is 2.53 bits per heavy atom. The second-order valence-electron chi connectivity index (χ2n) is 6.26. The number of nitrogens with two attached hydrogens (primary N) is 1. The number of aryl methyl sites for hydroxylation is 1. The fraction of sp³-hybridized carbons (Fsp3) is 0.467. The summed E-state index contributed by atoms with van der Waals surface area (Å²) in [6, 6.07) is 3.84. The van der Waals surface area contributed by atoms with Crippen molar-refractivity contribution < 1.29 is 4.52 Å². The van der Waals surface area contributed by atoms with E-state index in [1.807, 2.05) is 26.0 Å². The van der Waals surface area contributed by atoms with E-state index >= 15 is 0 Å². The van der Waals surface area contributed by atoms with Crippen molar-refractivity contribution in [2.24, 2.45) is 5.41 Å². The third-order valence-electron chi connectivity index (χ3n) is 3.08. The lowest BCUT2D eigenvalue weighted by Gasteiger charge is -2.14. The highest BCUT2D eigenvalue weighted by molar-refractivity contribution is 5.66. The molecule has 0 saturated heterocycles. The van der Waals surface area contributed by atoms with Crippen LogP contribution in [0, 0.1) is 19.3 Å². The number of nitrogen functional groups attached to an aromatic ring is 1. The van der Waals surface area contributed by atoms with E-state index in [1.54, 1.807) is 0 Å². The summed E-state index contributed by atoms with van der Waals surface area (Å²) in [4.78, 5) is 4.48. The van der Waals surface area contributed by atoms with Crippen molar-refractivity contribution in [3.8, 4) is 11.5 Å². The van der Waals surface area contributed by atoms with Crippen molar-refractivity contribution in [3.05, 3.63) is 29.1 Å². The Morgan fingerprint density at radius 1 is 1.21 bits per heavy atom. The first-order valence-electron chi connectivity index (χ1n) is 6.46. The van der Waals surface area contributed by atoms with Gasteiger partial charge in [0.05, 0.1) is 0 Å². The normalized spacial score (nSPS) is 11.8. The molecule has 0 spiro atoms. The molecule has 4 heteroatoms. The lowest BCUT2D eigenvalue weighted by atomic mass is 9.92. The van der Waals surface area contributed by atoms with E-state index in [-0.39, 0.29) is 5.41 Å². The van der Waals surface area contributed by atoms with Gasteiger partial charge < -0.3 is 10.3 Å². The summed E-state index contributed by atoms with van der Waals surface area (Å²) in [7, 11) is 0. The highest BCUT2D eigenvalue weighted by Crippen LogP contribution is 2.28. The Balaban J connectivity index is 2.38. The van der Waals surface area contributed by atoms with E-state index in [2.05, 4.69) is 30.9 Å². The minimum absolute atomic E-state index is 0.141. The predicted molar refractivity (Wildman–Crippen MR) is 76.8 cm³/mol. The van der Waals surface area contributed by atoms with Gasteiger partial charge in [-0.25, -0.2) is 0 Å². The van der Waals surface area contributed by atoms with E-state index in [9.17, 15) is 0 Å². The summed E-state index contributed by atoms with van der Waals surface area (Å²) >= 11 is 0. The molecular formula is C15H21N3O. The molecule has 0 fully saturated rings. The van der Waals surface area contributed by atoms with Gasteiger partial charge >= 0.3 is 0 Å². The molecule has 1 aromatic heterocycles. The number of benzene rings is 1. The van der Waals surface area contributed by atoms with Crippen LogP contribution < -0.4 is 5.73 Å². The van der Waals surface area contributed by atoms with Gasteiger partial charge in [0.15, 0.2) is 5.82 Å². The van der Waals surface area contributed by atoms with Gasteiger partial charge in [-0.1, -0.05) is 25.9 Å². The fourth-order valence-corrected chi connectivity index (χ4v) is 2.02. The molecule has 0 bridgehead atoms. The first kappa shape index (κ1) is 13.6. The van der Waals surface area contributed by atoms with Crippen molar-refractivity contribution in [2.75, 3.05) is 5.73 Å². The van der Waals surface area contributed by atoms with Crippen molar-refractivity contribution >= 4 is 5.69 Å². The Kier molecular flexibility index (Phi) is 3.35. The minimum Gasteiger partial charge on any atom is -0.399 e. The van der Waals surface area contributed by atoms with E-state index < -0.39 is 0 Å². The minimum atomic E-state index is 0.141. The van der Waals surface area contributed by atoms with Crippen molar-refractivity contribution in [2.45, 2.75) is 41.0 Å².